The summed E-state index contributed by atoms with van der Waals surface area (Å²) >= 11 is 0. The van der Waals surface area contributed by atoms with Crippen LogP contribution in [0.4, 0.5) is 13.2 Å². The third kappa shape index (κ3) is 6.06. The number of benzene rings is 1. The number of alkyl halides is 3. The van der Waals surface area contributed by atoms with E-state index in [4.69, 9.17) is 4.74 Å². The smallest absolute Gasteiger partial charge is 0.372 e. The number of rotatable bonds is 7. The highest BCUT2D eigenvalue weighted by molar-refractivity contribution is 5.39. The van der Waals surface area contributed by atoms with Crippen LogP contribution in [0.25, 0.3) is 0 Å². The minimum Gasteiger partial charge on any atom is -0.372 e. The number of aryl methyl sites for hydroxylation is 3. The van der Waals surface area contributed by atoms with Crippen molar-refractivity contribution in [1.82, 2.24) is 5.32 Å². The zero-order chi connectivity index (χ0) is 16.0. The molecule has 0 spiro atoms. The largest absolute Gasteiger partial charge is 0.411 e. The molecule has 0 radical (unpaired) electrons. The molecule has 0 aliphatic rings. The fourth-order valence-electron chi connectivity index (χ4n) is 2.72. The SMILES string of the molecule is CCNC(CCOCC(F)(F)F)c1c(C)cc(C)cc1C. The third-order valence-electron chi connectivity index (χ3n) is 3.35. The van der Waals surface area contributed by atoms with Gasteiger partial charge in [0.25, 0.3) is 0 Å². The summed E-state index contributed by atoms with van der Waals surface area (Å²) in [6.07, 6.45) is -3.74. The predicted octanol–water partition coefficient (Wildman–Crippen LogP) is 4.23. The Kier molecular flexibility index (Phi) is 6.68. The van der Waals surface area contributed by atoms with Crippen molar-refractivity contribution in [3.63, 3.8) is 0 Å². The van der Waals surface area contributed by atoms with Crippen molar-refractivity contribution in [3.8, 4) is 0 Å². The maximum atomic E-state index is 12.1. The molecule has 2 nitrogen and oxygen atoms in total. The number of hydrogen-bond donors (Lipinski definition) is 1. The van der Waals surface area contributed by atoms with E-state index in [1.54, 1.807) is 0 Å². The van der Waals surface area contributed by atoms with Gasteiger partial charge in [-0.2, -0.15) is 13.2 Å². The summed E-state index contributed by atoms with van der Waals surface area (Å²) in [4.78, 5) is 0. The second-order valence-electron chi connectivity index (χ2n) is 5.38. The molecule has 1 aromatic carbocycles. The normalized spacial score (nSPS) is 13.5. The Morgan fingerprint density at radius 1 is 1.14 bits per heavy atom. The molecule has 0 aliphatic heterocycles. The van der Waals surface area contributed by atoms with Crippen LogP contribution in [0.3, 0.4) is 0 Å². The lowest BCUT2D eigenvalue weighted by Gasteiger charge is -2.23. The van der Waals surface area contributed by atoms with Crippen molar-refractivity contribution in [3.05, 3.63) is 34.4 Å². The molecule has 1 aromatic rings. The molecule has 0 bridgehead atoms. The van der Waals surface area contributed by atoms with E-state index in [0.717, 1.165) is 23.2 Å². The molecule has 1 atom stereocenters. The summed E-state index contributed by atoms with van der Waals surface area (Å²) in [5.74, 6) is 0. The molecular weight excluding hydrogens is 279 g/mol. The first-order valence-corrected chi connectivity index (χ1v) is 7.20. The molecule has 0 aliphatic carbocycles. The van der Waals surface area contributed by atoms with Crippen molar-refractivity contribution in [2.24, 2.45) is 0 Å². The highest BCUT2D eigenvalue weighted by Gasteiger charge is 2.27. The summed E-state index contributed by atoms with van der Waals surface area (Å²) in [5, 5.41) is 3.34. The molecule has 0 saturated heterocycles. The van der Waals surface area contributed by atoms with Crippen molar-refractivity contribution < 1.29 is 17.9 Å². The molecule has 0 aromatic heterocycles. The predicted molar refractivity (Wildman–Crippen MR) is 78.6 cm³/mol. The van der Waals surface area contributed by atoms with Crippen LogP contribution in [0.1, 0.15) is 41.6 Å². The van der Waals surface area contributed by atoms with E-state index >= 15 is 0 Å². The zero-order valence-corrected chi connectivity index (χ0v) is 13.1. The van der Waals surface area contributed by atoms with Gasteiger partial charge < -0.3 is 10.1 Å². The van der Waals surface area contributed by atoms with E-state index in [-0.39, 0.29) is 12.6 Å². The summed E-state index contributed by atoms with van der Waals surface area (Å²) in [6.45, 7) is 7.77. The Morgan fingerprint density at radius 2 is 1.71 bits per heavy atom. The lowest BCUT2D eigenvalue weighted by molar-refractivity contribution is -0.174. The Hall–Kier alpha value is -1.07. The van der Waals surface area contributed by atoms with Gasteiger partial charge in [-0.1, -0.05) is 24.6 Å². The van der Waals surface area contributed by atoms with E-state index in [9.17, 15) is 13.2 Å². The number of halogens is 3. The van der Waals surface area contributed by atoms with Crippen molar-refractivity contribution in [1.29, 1.82) is 0 Å². The second kappa shape index (κ2) is 7.80. The highest BCUT2D eigenvalue weighted by atomic mass is 19.4. The summed E-state index contributed by atoms with van der Waals surface area (Å²) in [7, 11) is 0. The second-order valence-corrected chi connectivity index (χ2v) is 5.38. The van der Waals surface area contributed by atoms with Gasteiger partial charge in [0.1, 0.15) is 6.61 Å². The van der Waals surface area contributed by atoms with Gasteiger partial charge in [-0.25, -0.2) is 0 Å². The Bertz CT molecular complexity index is 434. The Morgan fingerprint density at radius 3 is 2.19 bits per heavy atom. The molecule has 0 fully saturated rings. The average molecular weight is 303 g/mol. The molecule has 5 heteroatoms. The molecule has 21 heavy (non-hydrogen) atoms. The van der Waals surface area contributed by atoms with Crippen molar-refractivity contribution >= 4 is 0 Å². The lowest BCUT2D eigenvalue weighted by atomic mass is 9.92. The quantitative estimate of drug-likeness (QED) is 0.761. The van der Waals surface area contributed by atoms with E-state index in [1.807, 2.05) is 27.7 Å². The highest BCUT2D eigenvalue weighted by Crippen LogP contribution is 2.26. The standard InChI is InChI=1S/C16H24F3NO/c1-5-20-14(6-7-21-10-16(17,18)19)15-12(3)8-11(2)9-13(15)4/h8-9,14,20H,5-7,10H2,1-4H3. The average Bonchev–Trinajstić information content (AvgIpc) is 2.32. The van der Waals surface area contributed by atoms with E-state index < -0.39 is 12.8 Å². The number of hydrogen-bond acceptors (Lipinski definition) is 2. The molecule has 0 saturated carbocycles. The van der Waals surface area contributed by atoms with Crippen molar-refractivity contribution in [2.75, 3.05) is 19.8 Å². The van der Waals surface area contributed by atoms with Crippen LogP contribution in [-0.2, 0) is 4.74 Å². The first-order valence-electron chi connectivity index (χ1n) is 7.20. The topological polar surface area (TPSA) is 21.3 Å². The van der Waals surface area contributed by atoms with Gasteiger partial charge in [-0.15, -0.1) is 0 Å². The number of ether oxygens (including phenoxy) is 1. The molecule has 1 rings (SSSR count). The summed E-state index contributed by atoms with van der Waals surface area (Å²) in [5.41, 5.74) is 4.68. The van der Waals surface area contributed by atoms with Crippen LogP contribution in [0.5, 0.6) is 0 Å². The van der Waals surface area contributed by atoms with E-state index in [1.165, 1.54) is 5.56 Å². The van der Waals surface area contributed by atoms with Gasteiger partial charge in [0.05, 0.1) is 0 Å². The molecule has 1 N–H and O–H groups in total. The van der Waals surface area contributed by atoms with Gasteiger partial charge in [0, 0.05) is 12.6 Å². The fourth-order valence-corrected chi connectivity index (χ4v) is 2.72. The maximum Gasteiger partial charge on any atom is 0.411 e. The van der Waals surface area contributed by atoms with Gasteiger partial charge in [0.15, 0.2) is 0 Å². The van der Waals surface area contributed by atoms with Gasteiger partial charge >= 0.3 is 6.18 Å². The summed E-state index contributed by atoms with van der Waals surface area (Å²) in [6, 6.07) is 4.22. The summed E-state index contributed by atoms with van der Waals surface area (Å²) < 4.78 is 41.0. The zero-order valence-electron chi connectivity index (χ0n) is 13.1. The van der Waals surface area contributed by atoms with Gasteiger partial charge in [0.2, 0.25) is 0 Å². The molecule has 1 unspecified atom stereocenters. The minimum atomic E-state index is -4.26. The monoisotopic (exact) mass is 303 g/mol. The molecular formula is C16H24F3NO. The third-order valence-corrected chi connectivity index (χ3v) is 3.35. The first kappa shape index (κ1) is 18.0. The van der Waals surface area contributed by atoms with Crippen LogP contribution >= 0.6 is 0 Å². The Labute approximate surface area is 124 Å². The fraction of sp³-hybridized carbons (Fsp3) is 0.625. The van der Waals surface area contributed by atoms with Crippen molar-refractivity contribution in [2.45, 2.75) is 46.3 Å². The number of nitrogens with one attached hydrogen (secondary N) is 1. The van der Waals surface area contributed by atoms with Gasteiger partial charge in [-0.05, 0) is 50.4 Å². The molecule has 120 valence electrons. The van der Waals surface area contributed by atoms with Crippen LogP contribution in [0.2, 0.25) is 0 Å². The molecule has 0 amide bonds. The van der Waals surface area contributed by atoms with Crippen LogP contribution in [-0.4, -0.2) is 25.9 Å². The Balaban J connectivity index is 2.74. The molecule has 0 heterocycles. The van der Waals surface area contributed by atoms with Crippen LogP contribution in [0, 0.1) is 20.8 Å². The first-order chi connectivity index (χ1) is 9.74. The maximum absolute atomic E-state index is 12.1. The van der Waals surface area contributed by atoms with E-state index in [0.29, 0.717) is 6.42 Å². The minimum absolute atomic E-state index is 0.0174. The van der Waals surface area contributed by atoms with E-state index in [2.05, 4.69) is 17.4 Å². The van der Waals surface area contributed by atoms with Crippen LogP contribution < -0.4 is 5.32 Å². The lowest BCUT2D eigenvalue weighted by Crippen LogP contribution is -2.25. The van der Waals surface area contributed by atoms with Gasteiger partial charge in [-0.3, -0.25) is 0 Å². The van der Waals surface area contributed by atoms with Crippen LogP contribution in [0.15, 0.2) is 12.1 Å².